The summed E-state index contributed by atoms with van der Waals surface area (Å²) >= 11 is 0. The molecule has 0 aliphatic carbocycles. The van der Waals surface area contributed by atoms with Crippen molar-refractivity contribution in [2.45, 2.75) is 12.8 Å². The molecule has 2 aromatic heterocycles. The lowest BCUT2D eigenvalue weighted by Crippen LogP contribution is -2.18. The zero-order valence-corrected chi connectivity index (χ0v) is 23.2. The van der Waals surface area contributed by atoms with Crippen molar-refractivity contribution in [2.75, 3.05) is 26.1 Å². The number of nitrogens with one attached hydrogen (secondary N) is 5. The summed E-state index contributed by atoms with van der Waals surface area (Å²) in [5.74, 6) is 0.995. The van der Waals surface area contributed by atoms with Gasteiger partial charge < -0.3 is 24.8 Å². The molecule has 0 atom stereocenters. The quantitative estimate of drug-likeness (QED) is 0.0841. The zero-order chi connectivity index (χ0) is 29.3. The number of ether oxygens (including phenoxy) is 2. The molecule has 5 rings (SSSR count). The standard InChI is InChI=1S/C31H31N7O4/c1-41-24-9-11-28-26(14-24)21(16-33-28)18-35-37-30(39)4-3-13-32-23-7-5-20(6-8-23)31(40)38-36-19-22-17-34-29-12-10-25(42-2)15-27(22)29/h5-12,14-19,32-34H,3-4,13H2,1-2H3,(H,37,39)(H,38,40)/b35-18+,36-19+. The second-order valence-corrected chi connectivity index (χ2v) is 9.41. The van der Waals surface area contributed by atoms with Gasteiger partial charge in [0.1, 0.15) is 11.5 Å². The van der Waals surface area contributed by atoms with Crippen LogP contribution in [0.25, 0.3) is 21.8 Å². The fraction of sp³-hybridized carbons (Fsp3) is 0.161. The maximum Gasteiger partial charge on any atom is 0.271 e. The van der Waals surface area contributed by atoms with E-state index in [0.29, 0.717) is 24.9 Å². The highest BCUT2D eigenvalue weighted by Gasteiger charge is 2.07. The van der Waals surface area contributed by atoms with Crippen molar-refractivity contribution < 1.29 is 19.1 Å². The number of hydrogen-bond donors (Lipinski definition) is 5. The number of amides is 2. The molecule has 0 spiro atoms. The lowest BCUT2D eigenvalue weighted by atomic mass is 10.2. The van der Waals surface area contributed by atoms with Crippen LogP contribution in [0.2, 0.25) is 0 Å². The molecular weight excluding hydrogens is 534 g/mol. The SMILES string of the molecule is COc1ccc2[nH]cc(/C=N/NC(=O)CCCNc3ccc(C(=O)N/N=C/c4c[nH]c5ccc(OC)cc45)cc3)c2c1. The van der Waals surface area contributed by atoms with Gasteiger partial charge in [-0.15, -0.1) is 0 Å². The summed E-state index contributed by atoms with van der Waals surface area (Å²) in [6, 6.07) is 18.5. The van der Waals surface area contributed by atoms with E-state index in [2.05, 4.69) is 36.3 Å². The first-order valence-electron chi connectivity index (χ1n) is 13.3. The summed E-state index contributed by atoms with van der Waals surface area (Å²) in [6.45, 7) is 0.588. The zero-order valence-electron chi connectivity index (χ0n) is 23.2. The van der Waals surface area contributed by atoms with Crippen LogP contribution in [0.4, 0.5) is 5.69 Å². The largest absolute Gasteiger partial charge is 0.497 e. The Balaban J connectivity index is 1.03. The van der Waals surface area contributed by atoms with Crippen LogP contribution in [-0.2, 0) is 4.79 Å². The summed E-state index contributed by atoms with van der Waals surface area (Å²) in [5.41, 5.74) is 10.0. The average molecular weight is 566 g/mol. The predicted molar refractivity (Wildman–Crippen MR) is 165 cm³/mol. The number of carbonyl (C=O) groups excluding carboxylic acids is 2. The molecule has 2 heterocycles. The molecule has 214 valence electrons. The van der Waals surface area contributed by atoms with Gasteiger partial charge in [0, 0.05) is 69.5 Å². The molecule has 42 heavy (non-hydrogen) atoms. The van der Waals surface area contributed by atoms with Gasteiger partial charge in [0.25, 0.3) is 5.91 Å². The Morgan fingerprint density at radius 3 is 1.93 bits per heavy atom. The first-order valence-corrected chi connectivity index (χ1v) is 13.3. The summed E-state index contributed by atoms with van der Waals surface area (Å²) < 4.78 is 10.6. The van der Waals surface area contributed by atoms with E-state index in [0.717, 1.165) is 50.1 Å². The molecule has 0 fully saturated rings. The number of benzene rings is 3. The lowest BCUT2D eigenvalue weighted by Gasteiger charge is -2.07. The number of methoxy groups -OCH3 is 2. The van der Waals surface area contributed by atoms with Crippen molar-refractivity contribution in [1.82, 2.24) is 20.8 Å². The molecule has 0 unspecified atom stereocenters. The number of aromatic amines is 2. The minimum absolute atomic E-state index is 0.176. The van der Waals surface area contributed by atoms with Crippen molar-refractivity contribution >= 4 is 51.7 Å². The van der Waals surface area contributed by atoms with Crippen molar-refractivity contribution in [3.63, 3.8) is 0 Å². The smallest absolute Gasteiger partial charge is 0.271 e. The normalized spacial score (nSPS) is 11.4. The van der Waals surface area contributed by atoms with Crippen LogP contribution in [0.1, 0.15) is 34.3 Å². The van der Waals surface area contributed by atoms with Gasteiger partial charge in [0.15, 0.2) is 0 Å². The molecule has 0 aliphatic rings. The van der Waals surface area contributed by atoms with Crippen LogP contribution in [0.5, 0.6) is 11.5 Å². The number of anilines is 1. The van der Waals surface area contributed by atoms with Crippen molar-refractivity contribution in [1.29, 1.82) is 0 Å². The molecule has 2 amide bonds. The van der Waals surface area contributed by atoms with Gasteiger partial charge in [-0.3, -0.25) is 9.59 Å². The summed E-state index contributed by atoms with van der Waals surface area (Å²) in [6.07, 6.45) is 7.77. The Hall–Kier alpha value is -5.58. The fourth-order valence-electron chi connectivity index (χ4n) is 4.39. The molecule has 0 saturated heterocycles. The fourth-order valence-corrected chi connectivity index (χ4v) is 4.39. The first kappa shape index (κ1) is 28.0. The highest BCUT2D eigenvalue weighted by molar-refractivity contribution is 6.01. The maximum absolute atomic E-state index is 12.5. The van der Waals surface area contributed by atoms with Crippen LogP contribution in [0, 0.1) is 0 Å². The highest BCUT2D eigenvalue weighted by atomic mass is 16.5. The second kappa shape index (κ2) is 13.2. The minimum atomic E-state index is -0.320. The third-order valence-corrected chi connectivity index (χ3v) is 6.66. The number of rotatable bonds is 12. The lowest BCUT2D eigenvalue weighted by molar-refractivity contribution is -0.121. The van der Waals surface area contributed by atoms with Crippen LogP contribution < -0.4 is 25.6 Å². The Bertz CT molecular complexity index is 1750. The molecule has 11 heteroatoms. The van der Waals surface area contributed by atoms with Crippen molar-refractivity contribution in [3.8, 4) is 11.5 Å². The molecule has 5 N–H and O–H groups in total. The van der Waals surface area contributed by atoms with E-state index in [1.165, 1.54) is 0 Å². The predicted octanol–water partition coefficient (Wildman–Crippen LogP) is 4.77. The summed E-state index contributed by atoms with van der Waals surface area (Å²) in [7, 11) is 3.23. The summed E-state index contributed by atoms with van der Waals surface area (Å²) in [5, 5.41) is 13.3. The van der Waals surface area contributed by atoms with Gasteiger partial charge in [-0.2, -0.15) is 10.2 Å². The van der Waals surface area contributed by atoms with Gasteiger partial charge in [0.05, 0.1) is 26.6 Å². The number of carbonyl (C=O) groups is 2. The molecule has 0 aliphatic heterocycles. The Labute approximate surface area is 242 Å². The minimum Gasteiger partial charge on any atom is -0.497 e. The molecule has 3 aromatic carbocycles. The van der Waals surface area contributed by atoms with E-state index in [4.69, 9.17) is 9.47 Å². The first-order chi connectivity index (χ1) is 20.5. The average Bonchev–Trinajstić information content (AvgIpc) is 3.62. The van der Waals surface area contributed by atoms with E-state index < -0.39 is 0 Å². The van der Waals surface area contributed by atoms with Crippen LogP contribution in [0.3, 0.4) is 0 Å². The summed E-state index contributed by atoms with van der Waals surface area (Å²) in [4.78, 5) is 31.0. The second-order valence-electron chi connectivity index (χ2n) is 9.41. The van der Waals surface area contributed by atoms with E-state index in [9.17, 15) is 9.59 Å². The van der Waals surface area contributed by atoms with E-state index >= 15 is 0 Å². The number of nitrogens with zero attached hydrogens (tertiary/aromatic N) is 2. The monoisotopic (exact) mass is 565 g/mol. The van der Waals surface area contributed by atoms with Crippen LogP contribution >= 0.6 is 0 Å². The topological polar surface area (TPSA) is 145 Å². The highest BCUT2D eigenvalue weighted by Crippen LogP contribution is 2.23. The van der Waals surface area contributed by atoms with Gasteiger partial charge in [0.2, 0.25) is 5.91 Å². The molecular formula is C31H31N7O4. The molecule has 0 bridgehead atoms. The van der Waals surface area contributed by atoms with E-state index in [1.54, 1.807) is 38.8 Å². The Morgan fingerprint density at radius 1 is 0.786 bits per heavy atom. The molecule has 5 aromatic rings. The molecule has 11 nitrogen and oxygen atoms in total. The Kier molecular flexibility index (Phi) is 8.78. The maximum atomic E-state index is 12.5. The number of H-pyrrole nitrogens is 2. The van der Waals surface area contributed by atoms with Gasteiger partial charge >= 0.3 is 0 Å². The van der Waals surface area contributed by atoms with Crippen LogP contribution in [-0.4, -0.2) is 55.0 Å². The van der Waals surface area contributed by atoms with E-state index in [1.807, 2.05) is 60.9 Å². The number of fused-ring (bicyclic) bond motifs is 2. The van der Waals surface area contributed by atoms with Crippen LogP contribution in [0.15, 0.2) is 83.3 Å². The number of aromatic nitrogens is 2. The number of hydrogen-bond acceptors (Lipinski definition) is 7. The van der Waals surface area contributed by atoms with Gasteiger partial charge in [-0.25, -0.2) is 10.9 Å². The van der Waals surface area contributed by atoms with Crippen molar-refractivity contribution in [3.05, 3.63) is 89.7 Å². The van der Waals surface area contributed by atoms with E-state index in [-0.39, 0.29) is 11.8 Å². The number of hydrazone groups is 2. The molecule has 0 saturated carbocycles. The third-order valence-electron chi connectivity index (χ3n) is 6.66. The Morgan fingerprint density at radius 2 is 1.36 bits per heavy atom. The third kappa shape index (κ3) is 6.76. The van der Waals surface area contributed by atoms with Crippen molar-refractivity contribution in [2.24, 2.45) is 10.2 Å². The van der Waals surface area contributed by atoms with Gasteiger partial charge in [-0.05, 0) is 67.1 Å². The molecule has 0 radical (unpaired) electrons. The van der Waals surface area contributed by atoms with Gasteiger partial charge in [-0.1, -0.05) is 0 Å².